The molecule has 0 aliphatic carbocycles. The number of alkyl halides is 3. The monoisotopic (exact) mass is 342 g/mol. The van der Waals surface area contributed by atoms with Crippen molar-refractivity contribution in [3.63, 3.8) is 0 Å². The summed E-state index contributed by atoms with van der Waals surface area (Å²) in [7, 11) is -5.71. The molecular formula is C16H13F3O3S. The zero-order valence-electron chi connectivity index (χ0n) is 11.8. The molecule has 0 aliphatic rings. The first kappa shape index (κ1) is 17.1. The van der Waals surface area contributed by atoms with Crippen LogP contribution in [-0.4, -0.2) is 13.9 Å². The highest BCUT2D eigenvalue weighted by atomic mass is 32.2. The van der Waals surface area contributed by atoms with Gasteiger partial charge >= 0.3 is 15.6 Å². The van der Waals surface area contributed by atoms with Crippen molar-refractivity contribution in [1.29, 1.82) is 0 Å². The molecule has 0 unspecified atom stereocenters. The summed E-state index contributed by atoms with van der Waals surface area (Å²) in [6, 6.07) is 16.9. The summed E-state index contributed by atoms with van der Waals surface area (Å²) in [5.74, 6) is -0.306. The first-order chi connectivity index (χ1) is 10.8. The average molecular weight is 342 g/mol. The molecule has 0 spiro atoms. The average Bonchev–Trinajstić information content (AvgIpc) is 2.47. The fourth-order valence-electron chi connectivity index (χ4n) is 1.82. The SMILES string of the molecule is O=S(=O)(O/C(=C\c1ccccc1)Cc1ccccc1)C(F)(F)F. The third-order valence-electron chi connectivity index (χ3n) is 2.85. The van der Waals surface area contributed by atoms with Crippen molar-refractivity contribution >= 4 is 16.2 Å². The lowest BCUT2D eigenvalue weighted by Gasteiger charge is -2.13. The van der Waals surface area contributed by atoms with Crippen molar-refractivity contribution in [3.05, 3.63) is 77.5 Å². The fourth-order valence-corrected chi connectivity index (χ4v) is 2.31. The summed E-state index contributed by atoms with van der Waals surface area (Å²) in [5, 5.41) is 0. The molecule has 0 bridgehead atoms. The number of rotatable bonds is 5. The lowest BCUT2D eigenvalue weighted by atomic mass is 10.1. The minimum Gasteiger partial charge on any atom is -0.380 e. The second kappa shape index (κ2) is 6.87. The van der Waals surface area contributed by atoms with Gasteiger partial charge in [0.15, 0.2) is 0 Å². The molecule has 0 N–H and O–H groups in total. The van der Waals surface area contributed by atoms with Gasteiger partial charge in [-0.2, -0.15) is 21.6 Å². The first-order valence-corrected chi connectivity index (χ1v) is 7.99. The third kappa shape index (κ3) is 4.85. The van der Waals surface area contributed by atoms with Crippen LogP contribution in [0.25, 0.3) is 6.08 Å². The van der Waals surface area contributed by atoms with Gasteiger partial charge in [0.25, 0.3) is 0 Å². The fraction of sp³-hybridized carbons (Fsp3) is 0.125. The maximum absolute atomic E-state index is 12.5. The van der Waals surface area contributed by atoms with Gasteiger partial charge in [-0.05, 0) is 17.2 Å². The summed E-state index contributed by atoms with van der Waals surface area (Å²) in [6.45, 7) is 0. The predicted molar refractivity (Wildman–Crippen MR) is 80.6 cm³/mol. The highest BCUT2D eigenvalue weighted by Gasteiger charge is 2.48. The van der Waals surface area contributed by atoms with Crippen molar-refractivity contribution in [2.45, 2.75) is 11.9 Å². The van der Waals surface area contributed by atoms with E-state index in [2.05, 4.69) is 4.18 Å². The summed E-state index contributed by atoms with van der Waals surface area (Å²) < 4.78 is 64.4. The lowest BCUT2D eigenvalue weighted by molar-refractivity contribution is -0.0522. The molecular weight excluding hydrogens is 329 g/mol. The van der Waals surface area contributed by atoms with Crippen molar-refractivity contribution in [2.75, 3.05) is 0 Å². The molecule has 0 atom stereocenters. The van der Waals surface area contributed by atoms with Crippen molar-refractivity contribution < 1.29 is 25.8 Å². The Bertz CT molecular complexity index is 767. The van der Waals surface area contributed by atoms with E-state index in [4.69, 9.17) is 0 Å². The highest BCUT2D eigenvalue weighted by Crippen LogP contribution is 2.28. The van der Waals surface area contributed by atoms with E-state index in [-0.39, 0.29) is 12.2 Å². The quantitative estimate of drug-likeness (QED) is 0.466. The molecule has 2 rings (SSSR count). The predicted octanol–water partition coefficient (Wildman–Crippen LogP) is 4.14. The van der Waals surface area contributed by atoms with Crippen molar-refractivity contribution in [2.24, 2.45) is 0 Å². The molecule has 0 amide bonds. The van der Waals surface area contributed by atoms with Gasteiger partial charge in [0, 0.05) is 6.42 Å². The van der Waals surface area contributed by atoms with Gasteiger partial charge < -0.3 is 4.18 Å². The molecule has 0 fully saturated rings. The van der Waals surface area contributed by atoms with Gasteiger partial charge in [0.2, 0.25) is 0 Å². The molecule has 0 saturated heterocycles. The topological polar surface area (TPSA) is 43.4 Å². The minimum atomic E-state index is -5.71. The summed E-state index contributed by atoms with van der Waals surface area (Å²) >= 11 is 0. The summed E-state index contributed by atoms with van der Waals surface area (Å²) in [5.41, 5.74) is -4.30. The van der Waals surface area contributed by atoms with Gasteiger partial charge in [0.1, 0.15) is 5.76 Å². The second-order valence-electron chi connectivity index (χ2n) is 4.67. The van der Waals surface area contributed by atoms with Crippen LogP contribution in [0, 0.1) is 0 Å². The maximum Gasteiger partial charge on any atom is 0.534 e. The smallest absolute Gasteiger partial charge is 0.380 e. The van der Waals surface area contributed by atoms with Gasteiger partial charge in [-0.15, -0.1) is 0 Å². The molecule has 2 aromatic rings. The van der Waals surface area contributed by atoms with E-state index in [1.54, 1.807) is 60.7 Å². The standard InChI is InChI=1S/C16H13F3O3S/c17-16(18,19)23(20,21)22-15(11-13-7-3-1-4-8-13)12-14-9-5-2-6-10-14/h1-11H,12H2/b15-11-. The largest absolute Gasteiger partial charge is 0.534 e. The number of hydrogen-bond donors (Lipinski definition) is 0. The van der Waals surface area contributed by atoms with E-state index >= 15 is 0 Å². The van der Waals surface area contributed by atoms with Crippen molar-refractivity contribution in [3.8, 4) is 0 Å². The third-order valence-corrected chi connectivity index (χ3v) is 3.85. The van der Waals surface area contributed by atoms with Gasteiger partial charge in [0.05, 0.1) is 0 Å². The van der Waals surface area contributed by atoms with Crippen LogP contribution < -0.4 is 0 Å². The zero-order chi connectivity index (χ0) is 16.9. The molecule has 3 nitrogen and oxygen atoms in total. The van der Waals surface area contributed by atoms with Crippen LogP contribution in [-0.2, 0) is 20.7 Å². The van der Waals surface area contributed by atoms with Gasteiger partial charge in [-0.25, -0.2) is 0 Å². The van der Waals surface area contributed by atoms with E-state index in [0.29, 0.717) is 11.1 Å². The van der Waals surface area contributed by atoms with Crippen LogP contribution >= 0.6 is 0 Å². The molecule has 0 saturated carbocycles. The van der Waals surface area contributed by atoms with Crippen LogP contribution in [0.2, 0.25) is 0 Å². The Balaban J connectivity index is 2.34. The molecule has 23 heavy (non-hydrogen) atoms. The molecule has 0 aliphatic heterocycles. The van der Waals surface area contributed by atoms with Crippen LogP contribution in [0.3, 0.4) is 0 Å². The van der Waals surface area contributed by atoms with Gasteiger partial charge in [-0.3, -0.25) is 0 Å². The maximum atomic E-state index is 12.5. The Morgan fingerprint density at radius 3 is 2.00 bits per heavy atom. The summed E-state index contributed by atoms with van der Waals surface area (Å²) in [6.07, 6.45) is 1.20. The Morgan fingerprint density at radius 1 is 0.957 bits per heavy atom. The van der Waals surface area contributed by atoms with E-state index in [9.17, 15) is 21.6 Å². The minimum absolute atomic E-state index is 0.0783. The van der Waals surface area contributed by atoms with Crippen LogP contribution in [0.4, 0.5) is 13.2 Å². The Kier molecular flexibility index (Phi) is 5.10. The number of hydrogen-bond acceptors (Lipinski definition) is 3. The van der Waals surface area contributed by atoms with Gasteiger partial charge in [-0.1, -0.05) is 60.7 Å². The summed E-state index contributed by atoms with van der Waals surface area (Å²) in [4.78, 5) is 0. The van der Waals surface area contributed by atoms with E-state index in [0.717, 1.165) is 0 Å². The normalized spacial score (nSPS) is 12.9. The highest BCUT2D eigenvalue weighted by molar-refractivity contribution is 7.87. The van der Waals surface area contributed by atoms with Crippen LogP contribution in [0.15, 0.2) is 66.4 Å². The van der Waals surface area contributed by atoms with Crippen molar-refractivity contribution in [1.82, 2.24) is 0 Å². The Morgan fingerprint density at radius 2 is 1.48 bits per heavy atom. The number of benzene rings is 2. The molecule has 2 aromatic carbocycles. The Hall–Kier alpha value is -2.28. The first-order valence-electron chi connectivity index (χ1n) is 6.58. The van der Waals surface area contributed by atoms with Crippen LogP contribution in [0.5, 0.6) is 0 Å². The lowest BCUT2D eigenvalue weighted by Crippen LogP contribution is -2.25. The number of halogens is 3. The molecule has 0 heterocycles. The second-order valence-corrected chi connectivity index (χ2v) is 6.20. The van der Waals surface area contributed by atoms with Crippen LogP contribution in [0.1, 0.15) is 11.1 Å². The Labute approximate surface area is 132 Å². The molecule has 122 valence electrons. The van der Waals surface area contributed by atoms with E-state index in [1.165, 1.54) is 6.08 Å². The molecule has 0 radical (unpaired) electrons. The van der Waals surface area contributed by atoms with E-state index in [1.807, 2.05) is 0 Å². The molecule has 0 aromatic heterocycles. The van der Waals surface area contributed by atoms with E-state index < -0.39 is 15.6 Å². The number of allylic oxidation sites excluding steroid dienone is 1. The zero-order valence-corrected chi connectivity index (χ0v) is 12.6. The molecule has 7 heteroatoms.